The Kier molecular flexibility index (Phi) is 4.05. The first kappa shape index (κ1) is 13.4. The molecule has 1 unspecified atom stereocenters. The maximum atomic E-state index is 4.29. The number of aryl methyl sites for hydroxylation is 1. The Bertz CT molecular complexity index is 532. The predicted molar refractivity (Wildman–Crippen MR) is 81.8 cm³/mol. The van der Waals surface area contributed by atoms with Gasteiger partial charge in [0.15, 0.2) is 0 Å². The molecule has 1 N–H and O–H groups in total. The van der Waals surface area contributed by atoms with E-state index >= 15 is 0 Å². The number of nitrogens with one attached hydrogen (secondary N) is 1. The Balaban J connectivity index is 2.12. The van der Waals surface area contributed by atoms with Crippen molar-refractivity contribution in [3.63, 3.8) is 0 Å². The smallest absolute Gasteiger partial charge is 0.0603 e. The lowest BCUT2D eigenvalue weighted by atomic mass is 10.1. The summed E-state index contributed by atoms with van der Waals surface area (Å²) in [6.07, 6.45) is 1.82. The highest BCUT2D eigenvalue weighted by Crippen LogP contribution is 2.22. The first-order valence-corrected chi connectivity index (χ1v) is 6.53. The molecule has 3 nitrogen and oxygen atoms in total. The summed E-state index contributed by atoms with van der Waals surface area (Å²) in [6.45, 7) is 4.18. The highest BCUT2D eigenvalue weighted by atomic mass is 15.1. The summed E-state index contributed by atoms with van der Waals surface area (Å²) < 4.78 is 0. The van der Waals surface area contributed by atoms with Crippen molar-refractivity contribution in [2.75, 3.05) is 24.3 Å². The van der Waals surface area contributed by atoms with Crippen LogP contribution in [0.2, 0.25) is 0 Å². The van der Waals surface area contributed by atoms with Gasteiger partial charge < -0.3 is 10.2 Å². The number of pyridine rings is 1. The third-order valence-corrected chi connectivity index (χ3v) is 3.29. The first-order chi connectivity index (χ1) is 9.08. The minimum Gasteiger partial charge on any atom is -0.378 e. The lowest BCUT2D eigenvalue weighted by Gasteiger charge is -2.18. The van der Waals surface area contributed by atoms with Crippen LogP contribution in [0.1, 0.15) is 24.2 Å². The number of nitrogens with zero attached hydrogens (tertiary/aromatic N) is 2. The molecular weight excluding hydrogens is 234 g/mol. The fraction of sp³-hybridized carbons (Fsp3) is 0.312. The molecule has 2 aromatic rings. The van der Waals surface area contributed by atoms with Crippen LogP contribution in [0.25, 0.3) is 0 Å². The van der Waals surface area contributed by atoms with Crippen LogP contribution >= 0.6 is 0 Å². The van der Waals surface area contributed by atoms with Crippen molar-refractivity contribution in [1.82, 2.24) is 4.98 Å². The van der Waals surface area contributed by atoms with Gasteiger partial charge in [-0.3, -0.25) is 4.98 Å². The molecule has 0 spiro atoms. The van der Waals surface area contributed by atoms with Gasteiger partial charge in [0.2, 0.25) is 0 Å². The van der Waals surface area contributed by atoms with Crippen LogP contribution in [0.4, 0.5) is 11.4 Å². The van der Waals surface area contributed by atoms with Crippen molar-refractivity contribution in [3.8, 4) is 0 Å². The number of hydrogen-bond donors (Lipinski definition) is 1. The lowest BCUT2D eigenvalue weighted by molar-refractivity contribution is 0.878. The molecule has 19 heavy (non-hydrogen) atoms. The third kappa shape index (κ3) is 3.25. The Hall–Kier alpha value is -2.03. The van der Waals surface area contributed by atoms with Crippen LogP contribution in [-0.4, -0.2) is 19.1 Å². The van der Waals surface area contributed by atoms with E-state index in [-0.39, 0.29) is 6.04 Å². The second-order valence-corrected chi connectivity index (χ2v) is 4.99. The van der Waals surface area contributed by atoms with E-state index in [4.69, 9.17) is 0 Å². The van der Waals surface area contributed by atoms with Crippen molar-refractivity contribution in [3.05, 3.63) is 53.9 Å². The van der Waals surface area contributed by atoms with Crippen LogP contribution in [-0.2, 0) is 0 Å². The van der Waals surface area contributed by atoms with Crippen molar-refractivity contribution in [2.24, 2.45) is 0 Å². The SMILES string of the molecule is Cc1ncccc1NC(C)c1ccc(N(C)C)cc1. The topological polar surface area (TPSA) is 28.2 Å². The molecule has 1 aromatic carbocycles. The van der Waals surface area contributed by atoms with E-state index in [1.54, 1.807) is 0 Å². The summed E-state index contributed by atoms with van der Waals surface area (Å²) in [4.78, 5) is 6.40. The molecule has 0 radical (unpaired) electrons. The quantitative estimate of drug-likeness (QED) is 0.904. The number of rotatable bonds is 4. The molecule has 0 aliphatic rings. The first-order valence-electron chi connectivity index (χ1n) is 6.53. The summed E-state index contributed by atoms with van der Waals surface area (Å²) in [5, 5.41) is 3.50. The molecule has 3 heteroatoms. The Morgan fingerprint density at radius 3 is 2.37 bits per heavy atom. The van der Waals surface area contributed by atoms with Gasteiger partial charge in [-0.15, -0.1) is 0 Å². The number of anilines is 2. The highest BCUT2D eigenvalue weighted by Gasteiger charge is 2.07. The molecule has 2 rings (SSSR count). The Labute approximate surface area is 115 Å². The van der Waals surface area contributed by atoms with Gasteiger partial charge in [0.05, 0.1) is 11.4 Å². The van der Waals surface area contributed by atoms with E-state index in [1.165, 1.54) is 11.3 Å². The summed E-state index contributed by atoms with van der Waals surface area (Å²) in [7, 11) is 4.10. The van der Waals surface area contributed by atoms with Gasteiger partial charge in [-0.05, 0) is 43.7 Å². The molecule has 0 saturated heterocycles. The molecule has 0 aliphatic carbocycles. The Morgan fingerprint density at radius 2 is 1.79 bits per heavy atom. The maximum Gasteiger partial charge on any atom is 0.0603 e. The van der Waals surface area contributed by atoms with Gasteiger partial charge in [-0.25, -0.2) is 0 Å². The monoisotopic (exact) mass is 255 g/mol. The van der Waals surface area contributed by atoms with E-state index in [1.807, 2.05) is 19.2 Å². The summed E-state index contributed by atoms with van der Waals surface area (Å²) in [6, 6.07) is 12.9. The molecule has 1 atom stereocenters. The molecule has 0 saturated carbocycles. The van der Waals surface area contributed by atoms with Gasteiger partial charge >= 0.3 is 0 Å². The molecule has 0 amide bonds. The lowest BCUT2D eigenvalue weighted by Crippen LogP contribution is -2.10. The fourth-order valence-corrected chi connectivity index (χ4v) is 2.01. The summed E-state index contributed by atoms with van der Waals surface area (Å²) in [5.74, 6) is 0. The zero-order valence-electron chi connectivity index (χ0n) is 12.0. The van der Waals surface area contributed by atoms with E-state index in [9.17, 15) is 0 Å². The molecule has 0 aliphatic heterocycles. The molecule has 100 valence electrons. The van der Waals surface area contributed by atoms with Crippen molar-refractivity contribution in [1.29, 1.82) is 0 Å². The van der Waals surface area contributed by atoms with Crippen molar-refractivity contribution >= 4 is 11.4 Å². The van der Waals surface area contributed by atoms with Gasteiger partial charge in [-0.2, -0.15) is 0 Å². The van der Waals surface area contributed by atoms with Gasteiger partial charge in [-0.1, -0.05) is 12.1 Å². The zero-order valence-corrected chi connectivity index (χ0v) is 12.0. The van der Waals surface area contributed by atoms with Crippen LogP contribution in [0.5, 0.6) is 0 Å². The van der Waals surface area contributed by atoms with E-state index in [0.29, 0.717) is 0 Å². The average Bonchev–Trinajstić information content (AvgIpc) is 2.41. The van der Waals surface area contributed by atoms with E-state index < -0.39 is 0 Å². The van der Waals surface area contributed by atoms with Crippen molar-refractivity contribution < 1.29 is 0 Å². The second kappa shape index (κ2) is 5.74. The standard InChI is InChI=1S/C16H21N3/c1-12(18-16-6-5-11-17-13(16)2)14-7-9-15(10-8-14)19(3)4/h5-12,18H,1-4H3. The third-order valence-electron chi connectivity index (χ3n) is 3.29. The minimum atomic E-state index is 0.263. The van der Waals surface area contributed by atoms with Gasteiger partial charge in [0, 0.05) is 32.0 Å². The molecular formula is C16H21N3. The number of aromatic nitrogens is 1. The highest BCUT2D eigenvalue weighted by molar-refractivity contribution is 5.51. The van der Waals surface area contributed by atoms with E-state index in [2.05, 4.69) is 66.6 Å². The minimum absolute atomic E-state index is 0.263. The molecule has 1 heterocycles. The van der Waals surface area contributed by atoms with Crippen molar-refractivity contribution in [2.45, 2.75) is 19.9 Å². The Morgan fingerprint density at radius 1 is 1.11 bits per heavy atom. The zero-order chi connectivity index (χ0) is 13.8. The second-order valence-electron chi connectivity index (χ2n) is 4.99. The largest absolute Gasteiger partial charge is 0.378 e. The molecule has 0 fully saturated rings. The van der Waals surface area contributed by atoms with Gasteiger partial charge in [0.1, 0.15) is 0 Å². The summed E-state index contributed by atoms with van der Waals surface area (Å²) in [5.41, 5.74) is 4.60. The van der Waals surface area contributed by atoms with Crippen LogP contribution < -0.4 is 10.2 Å². The number of benzene rings is 1. The fourth-order valence-electron chi connectivity index (χ4n) is 2.01. The normalized spacial score (nSPS) is 12.0. The van der Waals surface area contributed by atoms with Crippen LogP contribution in [0.3, 0.4) is 0 Å². The van der Waals surface area contributed by atoms with E-state index in [0.717, 1.165) is 11.4 Å². The molecule has 0 bridgehead atoms. The summed E-state index contributed by atoms with van der Waals surface area (Å²) >= 11 is 0. The maximum absolute atomic E-state index is 4.29. The number of hydrogen-bond acceptors (Lipinski definition) is 3. The predicted octanol–water partition coefficient (Wildman–Crippen LogP) is 3.63. The molecule has 1 aromatic heterocycles. The van der Waals surface area contributed by atoms with Gasteiger partial charge in [0.25, 0.3) is 0 Å². The van der Waals surface area contributed by atoms with Crippen LogP contribution in [0, 0.1) is 6.92 Å². The van der Waals surface area contributed by atoms with Crippen LogP contribution in [0.15, 0.2) is 42.6 Å². The average molecular weight is 255 g/mol.